The number of rotatable bonds is 10. The second-order valence-corrected chi connectivity index (χ2v) is 5.33. The first-order valence-corrected chi connectivity index (χ1v) is 7.43. The van der Waals surface area contributed by atoms with Crippen molar-refractivity contribution in [2.24, 2.45) is 11.7 Å². The molecule has 16 heavy (non-hydrogen) atoms. The molecular formula is C15H33N. The lowest BCUT2D eigenvalue weighted by Gasteiger charge is -2.38. The maximum absolute atomic E-state index is 6.71. The molecule has 0 fully saturated rings. The van der Waals surface area contributed by atoms with E-state index in [1.165, 1.54) is 57.8 Å². The van der Waals surface area contributed by atoms with E-state index in [1.54, 1.807) is 0 Å². The van der Waals surface area contributed by atoms with Crippen LogP contribution in [0.1, 0.15) is 85.5 Å². The zero-order valence-electron chi connectivity index (χ0n) is 12.0. The van der Waals surface area contributed by atoms with Gasteiger partial charge in [-0.15, -0.1) is 0 Å². The minimum absolute atomic E-state index is 0.122. The summed E-state index contributed by atoms with van der Waals surface area (Å²) in [6.45, 7) is 9.12. The van der Waals surface area contributed by atoms with Crippen molar-refractivity contribution in [2.75, 3.05) is 0 Å². The van der Waals surface area contributed by atoms with Crippen molar-refractivity contribution in [3.63, 3.8) is 0 Å². The molecule has 0 aliphatic carbocycles. The second-order valence-electron chi connectivity index (χ2n) is 5.33. The quantitative estimate of drug-likeness (QED) is 0.565. The van der Waals surface area contributed by atoms with Gasteiger partial charge in [0.1, 0.15) is 0 Å². The van der Waals surface area contributed by atoms with Crippen molar-refractivity contribution in [1.29, 1.82) is 0 Å². The molecule has 0 saturated carbocycles. The Morgan fingerprint density at radius 3 is 1.69 bits per heavy atom. The Bertz CT molecular complexity index is 146. The van der Waals surface area contributed by atoms with E-state index in [2.05, 4.69) is 27.7 Å². The van der Waals surface area contributed by atoms with Crippen LogP contribution in [0.5, 0.6) is 0 Å². The Kier molecular flexibility index (Phi) is 9.02. The summed E-state index contributed by atoms with van der Waals surface area (Å²) in [5.41, 5.74) is 6.83. The van der Waals surface area contributed by atoms with Crippen molar-refractivity contribution < 1.29 is 0 Å². The molecule has 0 amide bonds. The van der Waals surface area contributed by atoms with Gasteiger partial charge in [0, 0.05) is 5.54 Å². The minimum Gasteiger partial charge on any atom is -0.325 e. The zero-order valence-corrected chi connectivity index (χ0v) is 12.0. The van der Waals surface area contributed by atoms with Crippen LogP contribution < -0.4 is 5.73 Å². The number of nitrogens with two attached hydrogens (primary N) is 1. The average Bonchev–Trinajstić information content (AvgIpc) is 2.30. The highest BCUT2D eigenvalue weighted by molar-refractivity contribution is 4.90. The Morgan fingerprint density at radius 2 is 1.38 bits per heavy atom. The van der Waals surface area contributed by atoms with Gasteiger partial charge in [-0.1, -0.05) is 66.2 Å². The fraction of sp³-hybridized carbons (Fsp3) is 1.00. The van der Waals surface area contributed by atoms with Crippen LogP contribution in [0.3, 0.4) is 0 Å². The molecule has 0 aromatic rings. The van der Waals surface area contributed by atoms with Gasteiger partial charge < -0.3 is 5.73 Å². The van der Waals surface area contributed by atoms with Crippen LogP contribution in [0.2, 0.25) is 0 Å². The molecule has 0 radical (unpaired) electrons. The molecule has 0 aliphatic heterocycles. The van der Waals surface area contributed by atoms with Gasteiger partial charge in [-0.05, 0) is 25.2 Å². The van der Waals surface area contributed by atoms with Crippen LogP contribution >= 0.6 is 0 Å². The van der Waals surface area contributed by atoms with Crippen molar-refractivity contribution in [1.82, 2.24) is 0 Å². The normalized spacial score (nSPS) is 14.1. The summed E-state index contributed by atoms with van der Waals surface area (Å²) in [6.07, 6.45) is 11.4. The summed E-state index contributed by atoms with van der Waals surface area (Å²) in [7, 11) is 0. The van der Waals surface area contributed by atoms with Crippen molar-refractivity contribution in [3.8, 4) is 0 Å². The van der Waals surface area contributed by atoms with E-state index in [-0.39, 0.29) is 5.54 Å². The van der Waals surface area contributed by atoms with Gasteiger partial charge in [-0.3, -0.25) is 0 Å². The van der Waals surface area contributed by atoms with Gasteiger partial charge >= 0.3 is 0 Å². The molecule has 98 valence electrons. The molecule has 1 heteroatoms. The van der Waals surface area contributed by atoms with Crippen LogP contribution in [0.4, 0.5) is 0 Å². The standard InChI is InChI=1S/C15H33N/c1-5-9-12-15(16,13-10-6-2)14(8-4)11-7-3/h14H,5-13,16H2,1-4H3. The number of hydrogen-bond acceptors (Lipinski definition) is 1. The molecule has 0 aromatic heterocycles. The summed E-state index contributed by atoms with van der Waals surface area (Å²) in [6, 6.07) is 0. The van der Waals surface area contributed by atoms with E-state index in [1.807, 2.05) is 0 Å². The van der Waals surface area contributed by atoms with Crippen LogP contribution in [0, 0.1) is 5.92 Å². The molecule has 1 atom stereocenters. The van der Waals surface area contributed by atoms with E-state index in [9.17, 15) is 0 Å². The monoisotopic (exact) mass is 227 g/mol. The Balaban J connectivity index is 4.44. The van der Waals surface area contributed by atoms with Gasteiger partial charge in [-0.25, -0.2) is 0 Å². The molecule has 0 rings (SSSR count). The molecule has 1 unspecified atom stereocenters. The Morgan fingerprint density at radius 1 is 0.875 bits per heavy atom. The lowest BCUT2D eigenvalue weighted by atomic mass is 9.74. The smallest absolute Gasteiger partial charge is 0.0182 e. The van der Waals surface area contributed by atoms with E-state index >= 15 is 0 Å². The highest BCUT2D eigenvalue weighted by Gasteiger charge is 2.31. The zero-order chi connectivity index (χ0) is 12.4. The first-order chi connectivity index (χ1) is 7.64. The average molecular weight is 227 g/mol. The minimum atomic E-state index is 0.122. The highest BCUT2D eigenvalue weighted by atomic mass is 14.8. The Hall–Kier alpha value is -0.0400. The summed E-state index contributed by atoms with van der Waals surface area (Å²) in [4.78, 5) is 0. The third-order valence-corrected chi connectivity index (χ3v) is 3.93. The SMILES string of the molecule is CCCCC(N)(CCCC)C(CC)CCC. The van der Waals surface area contributed by atoms with Crippen LogP contribution in [0.15, 0.2) is 0 Å². The van der Waals surface area contributed by atoms with E-state index in [4.69, 9.17) is 5.73 Å². The van der Waals surface area contributed by atoms with Gasteiger partial charge in [0.15, 0.2) is 0 Å². The van der Waals surface area contributed by atoms with Gasteiger partial charge in [0.05, 0.1) is 0 Å². The predicted octanol–water partition coefficient (Wildman–Crippen LogP) is 4.89. The van der Waals surface area contributed by atoms with Crippen molar-refractivity contribution in [3.05, 3.63) is 0 Å². The summed E-state index contributed by atoms with van der Waals surface area (Å²) in [5.74, 6) is 0.732. The molecule has 0 bridgehead atoms. The summed E-state index contributed by atoms with van der Waals surface area (Å²) in [5, 5.41) is 0. The second kappa shape index (κ2) is 9.04. The molecular weight excluding hydrogens is 194 g/mol. The van der Waals surface area contributed by atoms with Crippen LogP contribution in [-0.2, 0) is 0 Å². The molecule has 0 saturated heterocycles. The lowest BCUT2D eigenvalue weighted by molar-refractivity contribution is 0.205. The molecule has 0 heterocycles. The van der Waals surface area contributed by atoms with Gasteiger partial charge in [-0.2, -0.15) is 0 Å². The Labute approximate surface area is 103 Å². The summed E-state index contributed by atoms with van der Waals surface area (Å²) >= 11 is 0. The molecule has 1 nitrogen and oxygen atoms in total. The van der Waals surface area contributed by atoms with Gasteiger partial charge in [0.2, 0.25) is 0 Å². The van der Waals surface area contributed by atoms with E-state index in [0.29, 0.717) is 0 Å². The van der Waals surface area contributed by atoms with Gasteiger partial charge in [0.25, 0.3) is 0 Å². The van der Waals surface area contributed by atoms with Crippen LogP contribution in [-0.4, -0.2) is 5.54 Å². The fourth-order valence-electron chi connectivity index (χ4n) is 2.79. The third-order valence-electron chi connectivity index (χ3n) is 3.93. The largest absolute Gasteiger partial charge is 0.325 e. The fourth-order valence-corrected chi connectivity index (χ4v) is 2.79. The van der Waals surface area contributed by atoms with Crippen molar-refractivity contribution >= 4 is 0 Å². The summed E-state index contributed by atoms with van der Waals surface area (Å²) < 4.78 is 0. The van der Waals surface area contributed by atoms with E-state index in [0.717, 1.165) is 5.92 Å². The lowest BCUT2D eigenvalue weighted by Crippen LogP contribution is -2.47. The van der Waals surface area contributed by atoms with Crippen molar-refractivity contribution in [2.45, 2.75) is 91.0 Å². The molecule has 0 aliphatic rings. The molecule has 0 spiro atoms. The maximum Gasteiger partial charge on any atom is 0.0182 e. The van der Waals surface area contributed by atoms with Crippen LogP contribution in [0.25, 0.3) is 0 Å². The molecule has 0 aromatic carbocycles. The highest BCUT2D eigenvalue weighted by Crippen LogP contribution is 2.32. The first-order valence-electron chi connectivity index (χ1n) is 7.43. The third kappa shape index (κ3) is 5.34. The first kappa shape index (κ1) is 16.0. The predicted molar refractivity (Wildman–Crippen MR) is 74.7 cm³/mol. The topological polar surface area (TPSA) is 26.0 Å². The maximum atomic E-state index is 6.71. The number of hydrogen-bond donors (Lipinski definition) is 1. The molecule has 2 N–H and O–H groups in total. The number of unbranched alkanes of at least 4 members (excludes halogenated alkanes) is 2. The van der Waals surface area contributed by atoms with E-state index < -0.39 is 0 Å².